The Morgan fingerprint density at radius 2 is 2.24 bits per heavy atom. The van der Waals surface area contributed by atoms with Crippen LogP contribution in [0.2, 0.25) is 5.02 Å². The van der Waals surface area contributed by atoms with E-state index in [1.165, 1.54) is 0 Å². The lowest BCUT2D eigenvalue weighted by molar-refractivity contribution is 0.181. The molecule has 21 heavy (non-hydrogen) atoms. The number of aromatic nitrogens is 2. The van der Waals surface area contributed by atoms with Gasteiger partial charge in [-0.2, -0.15) is 5.10 Å². The summed E-state index contributed by atoms with van der Waals surface area (Å²) in [5.41, 5.74) is 0.910. The highest BCUT2D eigenvalue weighted by Crippen LogP contribution is 2.29. The van der Waals surface area contributed by atoms with Crippen molar-refractivity contribution in [3.05, 3.63) is 40.6 Å². The molecule has 5 nitrogen and oxygen atoms in total. The molecule has 0 radical (unpaired) electrons. The number of furan rings is 1. The van der Waals surface area contributed by atoms with Gasteiger partial charge in [0.1, 0.15) is 17.6 Å². The van der Waals surface area contributed by atoms with E-state index in [4.69, 9.17) is 20.8 Å². The third-order valence-corrected chi connectivity index (χ3v) is 3.63. The van der Waals surface area contributed by atoms with Gasteiger partial charge in [-0.1, -0.05) is 25.4 Å². The first kappa shape index (κ1) is 16.1. The molecule has 2 rings (SSSR count). The maximum atomic E-state index is 6.34. The molecule has 0 amide bonds. The number of halogens is 1. The van der Waals surface area contributed by atoms with Crippen molar-refractivity contribution in [2.75, 3.05) is 20.3 Å². The van der Waals surface area contributed by atoms with E-state index >= 15 is 0 Å². The number of hydrogen-bond donors (Lipinski definition) is 1. The molecular weight excluding hydrogens is 290 g/mol. The van der Waals surface area contributed by atoms with E-state index in [9.17, 15) is 0 Å². The van der Waals surface area contributed by atoms with Crippen LogP contribution in [-0.4, -0.2) is 30.0 Å². The Kier molecular flexibility index (Phi) is 5.85. The molecule has 2 aromatic heterocycles. The third kappa shape index (κ3) is 3.67. The predicted molar refractivity (Wildman–Crippen MR) is 82.7 cm³/mol. The summed E-state index contributed by atoms with van der Waals surface area (Å²) >= 11 is 6.34. The highest BCUT2D eigenvalue weighted by Gasteiger charge is 2.24. The van der Waals surface area contributed by atoms with Gasteiger partial charge in [-0.15, -0.1) is 0 Å². The van der Waals surface area contributed by atoms with Gasteiger partial charge in [0.15, 0.2) is 0 Å². The fourth-order valence-electron chi connectivity index (χ4n) is 2.29. The molecule has 0 aliphatic carbocycles. The molecule has 116 valence electrons. The SMILES string of the molecule is CCNC(c1ccc(CC)o1)c1c(Cl)cnn1CCOC. The normalized spacial score (nSPS) is 12.8. The second kappa shape index (κ2) is 7.64. The van der Waals surface area contributed by atoms with Gasteiger partial charge in [0.25, 0.3) is 0 Å². The summed E-state index contributed by atoms with van der Waals surface area (Å²) in [5, 5.41) is 8.38. The van der Waals surface area contributed by atoms with E-state index in [0.29, 0.717) is 18.2 Å². The number of nitrogens with one attached hydrogen (secondary N) is 1. The minimum absolute atomic E-state index is 0.109. The van der Waals surface area contributed by atoms with Crippen molar-refractivity contribution in [2.45, 2.75) is 32.9 Å². The first-order valence-corrected chi connectivity index (χ1v) is 7.61. The predicted octanol–water partition coefficient (Wildman–Crippen LogP) is 3.04. The molecule has 1 unspecified atom stereocenters. The van der Waals surface area contributed by atoms with Gasteiger partial charge < -0.3 is 14.5 Å². The third-order valence-electron chi connectivity index (χ3n) is 3.34. The van der Waals surface area contributed by atoms with Crippen LogP contribution in [0.1, 0.15) is 37.1 Å². The average molecular weight is 312 g/mol. The zero-order valence-electron chi connectivity index (χ0n) is 12.7. The average Bonchev–Trinajstić information content (AvgIpc) is 3.10. The summed E-state index contributed by atoms with van der Waals surface area (Å²) < 4.78 is 12.9. The van der Waals surface area contributed by atoms with Crippen LogP contribution in [0, 0.1) is 0 Å². The summed E-state index contributed by atoms with van der Waals surface area (Å²) in [4.78, 5) is 0. The van der Waals surface area contributed by atoms with Crippen LogP contribution >= 0.6 is 11.6 Å². The van der Waals surface area contributed by atoms with Gasteiger partial charge in [-0.3, -0.25) is 4.68 Å². The van der Waals surface area contributed by atoms with Crippen LogP contribution in [0.5, 0.6) is 0 Å². The first-order chi connectivity index (χ1) is 10.2. The van der Waals surface area contributed by atoms with Gasteiger partial charge in [0.05, 0.1) is 30.1 Å². The quantitative estimate of drug-likeness (QED) is 0.814. The van der Waals surface area contributed by atoms with Crippen molar-refractivity contribution in [1.82, 2.24) is 15.1 Å². The monoisotopic (exact) mass is 311 g/mol. The molecule has 0 fully saturated rings. The van der Waals surface area contributed by atoms with Crippen molar-refractivity contribution in [3.8, 4) is 0 Å². The van der Waals surface area contributed by atoms with Crippen LogP contribution in [0.25, 0.3) is 0 Å². The fourth-order valence-corrected chi connectivity index (χ4v) is 2.54. The van der Waals surface area contributed by atoms with Crippen LogP contribution in [0.15, 0.2) is 22.7 Å². The van der Waals surface area contributed by atoms with Gasteiger partial charge in [0.2, 0.25) is 0 Å². The molecule has 0 saturated carbocycles. The van der Waals surface area contributed by atoms with Crippen LogP contribution in [0.3, 0.4) is 0 Å². The smallest absolute Gasteiger partial charge is 0.127 e. The van der Waals surface area contributed by atoms with Crippen LogP contribution < -0.4 is 5.32 Å². The summed E-state index contributed by atoms with van der Waals surface area (Å²) in [6.07, 6.45) is 2.54. The molecule has 1 N–H and O–H groups in total. The van der Waals surface area contributed by atoms with Gasteiger partial charge in [-0.05, 0) is 18.7 Å². The summed E-state index contributed by atoms with van der Waals surface area (Å²) in [7, 11) is 1.67. The van der Waals surface area contributed by atoms with Crippen molar-refractivity contribution >= 4 is 11.6 Å². The maximum Gasteiger partial charge on any atom is 0.127 e. The summed E-state index contributed by atoms with van der Waals surface area (Å²) in [6, 6.07) is 3.89. The maximum absolute atomic E-state index is 6.34. The summed E-state index contributed by atoms with van der Waals surface area (Å²) in [5.74, 6) is 1.82. The van der Waals surface area contributed by atoms with E-state index in [1.807, 2.05) is 16.8 Å². The zero-order chi connectivity index (χ0) is 15.2. The Morgan fingerprint density at radius 1 is 1.43 bits per heavy atom. The Balaban J connectivity index is 2.35. The second-order valence-electron chi connectivity index (χ2n) is 4.74. The fraction of sp³-hybridized carbons (Fsp3) is 0.533. The lowest BCUT2D eigenvalue weighted by Crippen LogP contribution is -2.25. The van der Waals surface area contributed by atoms with Gasteiger partial charge >= 0.3 is 0 Å². The van der Waals surface area contributed by atoms with Gasteiger partial charge in [0, 0.05) is 13.5 Å². The highest BCUT2D eigenvalue weighted by molar-refractivity contribution is 6.31. The standard InChI is InChI=1S/C15H22ClN3O2/c1-4-11-6-7-13(21-11)14(17-5-2)15-12(16)10-18-19(15)8-9-20-3/h6-7,10,14,17H,4-5,8-9H2,1-3H3. The number of rotatable bonds is 8. The number of methoxy groups -OCH3 is 1. The first-order valence-electron chi connectivity index (χ1n) is 7.23. The van der Waals surface area contributed by atoms with Crippen molar-refractivity contribution in [1.29, 1.82) is 0 Å². The lowest BCUT2D eigenvalue weighted by Gasteiger charge is -2.18. The molecule has 0 aliphatic heterocycles. The molecule has 6 heteroatoms. The topological polar surface area (TPSA) is 52.2 Å². The number of nitrogens with zero attached hydrogens (tertiary/aromatic N) is 2. The molecule has 0 bridgehead atoms. The second-order valence-corrected chi connectivity index (χ2v) is 5.15. The Hall–Kier alpha value is -1.30. The van der Waals surface area contributed by atoms with Crippen molar-refractivity contribution in [2.24, 2.45) is 0 Å². The lowest BCUT2D eigenvalue weighted by atomic mass is 10.1. The minimum atomic E-state index is -0.109. The molecule has 2 heterocycles. The molecule has 0 aromatic carbocycles. The molecule has 1 atom stereocenters. The molecule has 0 saturated heterocycles. The number of hydrogen-bond acceptors (Lipinski definition) is 4. The van der Waals surface area contributed by atoms with Crippen LogP contribution in [-0.2, 0) is 17.7 Å². The molecule has 0 spiro atoms. The number of aryl methyl sites for hydroxylation is 1. The summed E-state index contributed by atoms with van der Waals surface area (Å²) in [6.45, 7) is 6.17. The van der Waals surface area contributed by atoms with Crippen molar-refractivity contribution in [3.63, 3.8) is 0 Å². The van der Waals surface area contributed by atoms with Crippen LogP contribution in [0.4, 0.5) is 0 Å². The minimum Gasteiger partial charge on any atom is -0.464 e. The Morgan fingerprint density at radius 3 is 2.86 bits per heavy atom. The zero-order valence-corrected chi connectivity index (χ0v) is 13.5. The van der Waals surface area contributed by atoms with Crippen molar-refractivity contribution < 1.29 is 9.15 Å². The van der Waals surface area contributed by atoms with Gasteiger partial charge in [-0.25, -0.2) is 0 Å². The molecule has 0 aliphatic rings. The van der Waals surface area contributed by atoms with E-state index in [0.717, 1.165) is 30.2 Å². The number of ether oxygens (including phenoxy) is 1. The Labute approximate surface area is 130 Å². The van der Waals surface area contributed by atoms with E-state index in [2.05, 4.69) is 24.3 Å². The van der Waals surface area contributed by atoms with E-state index < -0.39 is 0 Å². The Bertz CT molecular complexity index is 565. The van der Waals surface area contributed by atoms with E-state index in [1.54, 1.807) is 13.3 Å². The molecular formula is C15H22ClN3O2. The highest BCUT2D eigenvalue weighted by atomic mass is 35.5. The van der Waals surface area contributed by atoms with E-state index in [-0.39, 0.29) is 6.04 Å². The molecule has 2 aromatic rings. The largest absolute Gasteiger partial charge is 0.464 e.